The Hall–Kier alpha value is -1.70. The molecule has 0 saturated heterocycles. The number of carbonyl (C=O) groups is 2. The van der Waals surface area contributed by atoms with Crippen molar-refractivity contribution in [2.75, 3.05) is 43.0 Å². The van der Waals surface area contributed by atoms with Gasteiger partial charge in [0.25, 0.3) is 0 Å². The van der Waals surface area contributed by atoms with Crippen LogP contribution < -0.4 is 10.2 Å². The number of aliphatic hydroxyl groups excluding tert-OH is 1. The first-order chi connectivity index (χ1) is 13.7. The van der Waals surface area contributed by atoms with E-state index in [-0.39, 0.29) is 19.6 Å². The first kappa shape index (κ1) is 25.3. The molecule has 0 aliphatic heterocycles. The predicted molar refractivity (Wildman–Crippen MR) is 115 cm³/mol. The Balaban J connectivity index is 2.88. The van der Waals surface area contributed by atoms with Crippen LogP contribution in [-0.2, 0) is 20.7 Å². The zero-order chi connectivity index (χ0) is 21.9. The summed E-state index contributed by atoms with van der Waals surface area (Å²) in [6.07, 6.45) is -0.495. The monoisotopic (exact) mass is 448 g/mol. The highest BCUT2D eigenvalue weighted by molar-refractivity contribution is 6.18. The van der Waals surface area contributed by atoms with Crippen LogP contribution in [0.1, 0.15) is 26.3 Å². The minimum absolute atomic E-state index is 0.143. The van der Waals surface area contributed by atoms with E-state index in [4.69, 9.17) is 37.8 Å². The smallest absolute Gasteiger partial charge is 0.408 e. The predicted octanol–water partition coefficient (Wildman–Crippen LogP) is 2.94. The molecule has 1 aromatic rings. The fourth-order valence-electron chi connectivity index (χ4n) is 2.54. The number of carbonyl (C=O) groups excluding carboxylic acids is 2. The van der Waals surface area contributed by atoms with Gasteiger partial charge in [0.1, 0.15) is 18.2 Å². The van der Waals surface area contributed by atoms with Gasteiger partial charge in [-0.1, -0.05) is 12.1 Å². The highest BCUT2D eigenvalue weighted by atomic mass is 35.5. The number of benzene rings is 1. The van der Waals surface area contributed by atoms with Crippen molar-refractivity contribution in [2.24, 2.45) is 0 Å². The number of halogens is 2. The number of anilines is 1. The highest BCUT2D eigenvalue weighted by Gasteiger charge is 2.26. The van der Waals surface area contributed by atoms with Gasteiger partial charge in [0, 0.05) is 37.0 Å². The fraction of sp³-hybridized carbons (Fsp3) is 0.600. The zero-order valence-electron chi connectivity index (χ0n) is 17.1. The topological polar surface area (TPSA) is 88.1 Å². The van der Waals surface area contributed by atoms with E-state index in [1.807, 2.05) is 24.3 Å². The second-order valence-corrected chi connectivity index (χ2v) is 8.08. The molecule has 29 heavy (non-hydrogen) atoms. The van der Waals surface area contributed by atoms with Gasteiger partial charge in [0.05, 0.1) is 6.61 Å². The summed E-state index contributed by atoms with van der Waals surface area (Å²) in [6.45, 7) is 6.11. The maximum absolute atomic E-state index is 12.3. The third-order valence-corrected chi connectivity index (χ3v) is 4.10. The molecular weight excluding hydrogens is 419 g/mol. The van der Waals surface area contributed by atoms with Gasteiger partial charge in [-0.2, -0.15) is 0 Å². The van der Waals surface area contributed by atoms with Crippen molar-refractivity contribution < 1.29 is 24.2 Å². The molecule has 2 N–H and O–H groups in total. The van der Waals surface area contributed by atoms with Crippen molar-refractivity contribution in [1.29, 1.82) is 0 Å². The van der Waals surface area contributed by atoms with E-state index in [9.17, 15) is 9.59 Å². The average Bonchev–Trinajstić information content (AvgIpc) is 2.64. The summed E-state index contributed by atoms with van der Waals surface area (Å²) in [7, 11) is 0. The molecule has 0 saturated carbocycles. The number of alkyl halides is 2. The molecule has 0 aliphatic carbocycles. The van der Waals surface area contributed by atoms with Gasteiger partial charge in [0.15, 0.2) is 0 Å². The molecule has 1 aromatic carbocycles. The van der Waals surface area contributed by atoms with Gasteiger partial charge in [-0.15, -0.1) is 23.2 Å². The summed E-state index contributed by atoms with van der Waals surface area (Å²) in [5.74, 6) is 0.328. The number of alkyl carbamates (subject to hydrolysis) is 1. The number of amides is 1. The lowest BCUT2D eigenvalue weighted by Crippen LogP contribution is -2.45. The van der Waals surface area contributed by atoms with Crippen molar-refractivity contribution in [3.63, 3.8) is 0 Å². The summed E-state index contributed by atoms with van der Waals surface area (Å²) < 4.78 is 10.2. The molecule has 0 heterocycles. The molecule has 0 aromatic heterocycles. The Bertz CT molecular complexity index is 629. The van der Waals surface area contributed by atoms with Gasteiger partial charge < -0.3 is 24.8 Å². The Morgan fingerprint density at radius 2 is 1.72 bits per heavy atom. The SMILES string of the molecule is CC(C)(C)OC(=O)NC(Cc1ccc(N(CCCl)CCCl)cc1)C(=O)OCCO. The number of ether oxygens (including phenoxy) is 2. The molecule has 0 fully saturated rings. The maximum Gasteiger partial charge on any atom is 0.408 e. The largest absolute Gasteiger partial charge is 0.462 e. The number of hydrogen-bond acceptors (Lipinski definition) is 6. The van der Waals surface area contributed by atoms with Gasteiger partial charge in [-0.05, 0) is 38.5 Å². The van der Waals surface area contributed by atoms with Crippen LogP contribution in [0.2, 0.25) is 0 Å². The van der Waals surface area contributed by atoms with Crippen LogP contribution in [0.15, 0.2) is 24.3 Å². The third-order valence-electron chi connectivity index (χ3n) is 3.76. The molecule has 7 nitrogen and oxygen atoms in total. The molecule has 0 bridgehead atoms. The summed E-state index contributed by atoms with van der Waals surface area (Å²) in [5.41, 5.74) is 1.10. The highest BCUT2D eigenvalue weighted by Crippen LogP contribution is 2.17. The molecular formula is C20H30Cl2N2O5. The van der Waals surface area contributed by atoms with Crippen LogP contribution in [0.4, 0.5) is 10.5 Å². The molecule has 1 amide bonds. The number of esters is 1. The van der Waals surface area contributed by atoms with Crippen LogP contribution in [0.3, 0.4) is 0 Å². The van der Waals surface area contributed by atoms with Gasteiger partial charge in [0.2, 0.25) is 0 Å². The third kappa shape index (κ3) is 10.1. The van der Waals surface area contributed by atoms with Crippen LogP contribution in [-0.4, -0.2) is 66.9 Å². The number of rotatable bonds is 11. The lowest BCUT2D eigenvalue weighted by atomic mass is 10.1. The standard InChI is InChI=1S/C20H30Cl2N2O5/c1-20(2,3)29-19(27)23-17(18(26)28-13-12-25)14-15-4-6-16(7-5-15)24(10-8-21)11-9-22/h4-7,17,25H,8-14H2,1-3H3,(H,23,27). The molecule has 164 valence electrons. The first-order valence-electron chi connectivity index (χ1n) is 9.43. The van der Waals surface area contributed by atoms with E-state index in [1.165, 1.54) is 0 Å². The summed E-state index contributed by atoms with van der Waals surface area (Å²) in [5, 5.41) is 11.4. The van der Waals surface area contributed by atoms with E-state index < -0.39 is 23.7 Å². The summed E-state index contributed by atoms with van der Waals surface area (Å²) in [4.78, 5) is 26.5. The van der Waals surface area contributed by atoms with E-state index in [2.05, 4.69) is 10.2 Å². The van der Waals surface area contributed by atoms with Crippen molar-refractivity contribution in [3.8, 4) is 0 Å². The Labute approximate surface area is 182 Å². The molecule has 1 rings (SSSR count). The molecule has 9 heteroatoms. The Kier molecular flexibility index (Phi) is 11.2. The quantitative estimate of drug-likeness (QED) is 0.399. The minimum atomic E-state index is -0.941. The molecule has 1 atom stereocenters. The molecule has 0 spiro atoms. The van der Waals surface area contributed by atoms with Crippen LogP contribution >= 0.6 is 23.2 Å². The molecule has 1 unspecified atom stereocenters. The van der Waals surface area contributed by atoms with Crippen LogP contribution in [0, 0.1) is 0 Å². The van der Waals surface area contributed by atoms with Crippen LogP contribution in [0.5, 0.6) is 0 Å². The second kappa shape index (κ2) is 12.8. The van der Waals surface area contributed by atoms with Crippen molar-refractivity contribution in [2.45, 2.75) is 38.8 Å². The number of hydrogen-bond donors (Lipinski definition) is 2. The van der Waals surface area contributed by atoms with E-state index >= 15 is 0 Å². The van der Waals surface area contributed by atoms with Gasteiger partial charge >= 0.3 is 12.1 Å². The van der Waals surface area contributed by atoms with Crippen molar-refractivity contribution >= 4 is 41.0 Å². The van der Waals surface area contributed by atoms with Crippen molar-refractivity contribution in [1.82, 2.24) is 5.32 Å². The van der Waals surface area contributed by atoms with Crippen LogP contribution in [0.25, 0.3) is 0 Å². The lowest BCUT2D eigenvalue weighted by molar-refractivity contribution is -0.147. The van der Waals surface area contributed by atoms with E-state index in [1.54, 1.807) is 20.8 Å². The Morgan fingerprint density at radius 1 is 1.14 bits per heavy atom. The normalized spacial score (nSPS) is 12.2. The minimum Gasteiger partial charge on any atom is -0.462 e. The zero-order valence-corrected chi connectivity index (χ0v) is 18.6. The first-order valence-corrected chi connectivity index (χ1v) is 10.5. The maximum atomic E-state index is 12.3. The van der Waals surface area contributed by atoms with Crippen molar-refractivity contribution in [3.05, 3.63) is 29.8 Å². The lowest BCUT2D eigenvalue weighted by Gasteiger charge is -2.24. The van der Waals surface area contributed by atoms with E-state index in [0.717, 1.165) is 11.3 Å². The summed E-state index contributed by atoms with van der Waals surface area (Å²) >= 11 is 11.7. The van der Waals surface area contributed by atoms with E-state index in [0.29, 0.717) is 24.8 Å². The Morgan fingerprint density at radius 3 is 2.21 bits per heavy atom. The number of nitrogens with zero attached hydrogens (tertiary/aromatic N) is 1. The van der Waals surface area contributed by atoms with Gasteiger partial charge in [-0.3, -0.25) is 0 Å². The molecule has 0 aliphatic rings. The fourth-order valence-corrected chi connectivity index (χ4v) is 2.95. The second-order valence-electron chi connectivity index (χ2n) is 7.33. The molecule has 0 radical (unpaired) electrons. The average molecular weight is 449 g/mol. The van der Waals surface area contributed by atoms with Gasteiger partial charge in [-0.25, -0.2) is 9.59 Å². The summed E-state index contributed by atoms with van der Waals surface area (Å²) in [6, 6.07) is 6.63. The number of aliphatic hydroxyl groups is 1. The number of nitrogens with one attached hydrogen (secondary N) is 1.